The van der Waals surface area contributed by atoms with Crippen LogP contribution in [0.1, 0.15) is 36.6 Å². The fraction of sp³-hybridized carbons (Fsp3) is 0.409. The minimum atomic E-state index is -0.216. The van der Waals surface area contributed by atoms with Crippen molar-refractivity contribution < 1.29 is 23.7 Å². The molecular weight excluding hydrogens is 358 g/mol. The quantitative estimate of drug-likeness (QED) is 0.818. The average Bonchev–Trinajstić information content (AvgIpc) is 2.74. The summed E-state index contributed by atoms with van der Waals surface area (Å²) >= 11 is 0. The summed E-state index contributed by atoms with van der Waals surface area (Å²) < 4.78 is 21.8. The van der Waals surface area contributed by atoms with Gasteiger partial charge in [-0.15, -0.1) is 0 Å². The second-order valence-corrected chi connectivity index (χ2v) is 6.87. The first kappa shape index (κ1) is 20.0. The zero-order valence-electron chi connectivity index (χ0n) is 16.9. The van der Waals surface area contributed by atoms with Gasteiger partial charge in [0.25, 0.3) is 0 Å². The van der Waals surface area contributed by atoms with Gasteiger partial charge in [-0.2, -0.15) is 0 Å². The van der Waals surface area contributed by atoms with Crippen LogP contribution < -0.4 is 24.3 Å². The van der Waals surface area contributed by atoms with Crippen LogP contribution in [0.4, 0.5) is 0 Å². The number of hydrogen-bond acceptors (Lipinski definition) is 6. The van der Waals surface area contributed by atoms with Crippen molar-refractivity contribution in [3.05, 3.63) is 47.5 Å². The molecule has 1 saturated heterocycles. The Morgan fingerprint density at radius 2 is 1.36 bits per heavy atom. The van der Waals surface area contributed by atoms with Gasteiger partial charge in [-0.3, -0.25) is 4.79 Å². The molecule has 0 aliphatic carbocycles. The van der Waals surface area contributed by atoms with Crippen LogP contribution in [0, 0.1) is 5.92 Å². The van der Waals surface area contributed by atoms with E-state index in [1.54, 1.807) is 28.4 Å². The van der Waals surface area contributed by atoms with E-state index >= 15 is 0 Å². The number of ether oxygens (including phenoxy) is 4. The lowest BCUT2D eigenvalue weighted by atomic mass is 9.81. The Labute approximate surface area is 165 Å². The molecule has 1 N–H and O–H groups in total. The lowest BCUT2D eigenvalue weighted by Gasteiger charge is -2.36. The molecule has 6 nitrogen and oxygen atoms in total. The molecule has 1 fully saturated rings. The Balaban J connectivity index is 2.03. The summed E-state index contributed by atoms with van der Waals surface area (Å²) in [6, 6.07) is 10.8. The molecule has 0 amide bonds. The molecule has 1 aliphatic heterocycles. The summed E-state index contributed by atoms with van der Waals surface area (Å²) in [5.41, 5.74) is 1.79. The Morgan fingerprint density at radius 3 is 1.89 bits per heavy atom. The van der Waals surface area contributed by atoms with E-state index in [0.717, 1.165) is 34.1 Å². The number of ketones is 1. The van der Waals surface area contributed by atoms with Crippen molar-refractivity contribution in [3.63, 3.8) is 0 Å². The number of carbonyl (C=O) groups excluding carboxylic acids is 1. The largest absolute Gasteiger partial charge is 0.497 e. The van der Waals surface area contributed by atoms with Crippen LogP contribution in [0.25, 0.3) is 0 Å². The zero-order valence-corrected chi connectivity index (χ0v) is 16.9. The minimum absolute atomic E-state index is 0.184. The highest BCUT2D eigenvalue weighted by molar-refractivity contribution is 5.83. The van der Waals surface area contributed by atoms with E-state index < -0.39 is 0 Å². The van der Waals surface area contributed by atoms with Crippen LogP contribution in [0.15, 0.2) is 36.4 Å². The number of carbonyl (C=O) groups is 1. The summed E-state index contributed by atoms with van der Waals surface area (Å²) in [5.74, 6) is 2.86. The number of hydrogen-bond donors (Lipinski definition) is 1. The Bertz CT molecular complexity index is 851. The molecule has 2 aromatic rings. The third kappa shape index (κ3) is 3.78. The SMILES string of the molecule is COc1ccc(OC)c([C@@H]2CC(=O)[C@@H](C)[C@@H](c3cc(OC)ccc3OC)N2)c1. The van der Waals surface area contributed by atoms with Crippen molar-refractivity contribution in [2.45, 2.75) is 25.4 Å². The second-order valence-electron chi connectivity index (χ2n) is 6.87. The number of methoxy groups -OCH3 is 4. The average molecular weight is 385 g/mol. The minimum Gasteiger partial charge on any atom is -0.497 e. The second kappa shape index (κ2) is 8.52. The van der Waals surface area contributed by atoms with Crippen molar-refractivity contribution in [3.8, 4) is 23.0 Å². The predicted molar refractivity (Wildman–Crippen MR) is 106 cm³/mol. The van der Waals surface area contributed by atoms with Crippen LogP contribution in [0.3, 0.4) is 0 Å². The highest BCUT2D eigenvalue weighted by atomic mass is 16.5. The molecule has 2 aromatic carbocycles. The van der Waals surface area contributed by atoms with Crippen LogP contribution in [-0.2, 0) is 4.79 Å². The molecule has 0 radical (unpaired) electrons. The first-order valence-corrected chi connectivity index (χ1v) is 9.25. The van der Waals surface area contributed by atoms with Crippen molar-refractivity contribution >= 4 is 5.78 Å². The van der Waals surface area contributed by atoms with E-state index in [4.69, 9.17) is 18.9 Å². The van der Waals surface area contributed by atoms with Crippen LogP contribution in [0.2, 0.25) is 0 Å². The van der Waals surface area contributed by atoms with Gasteiger partial charge in [-0.25, -0.2) is 0 Å². The van der Waals surface area contributed by atoms with Gasteiger partial charge in [0.1, 0.15) is 28.8 Å². The number of Topliss-reactive ketones (excluding diaryl/α,β-unsaturated/α-hetero) is 1. The molecule has 0 aromatic heterocycles. The smallest absolute Gasteiger partial charge is 0.139 e. The maximum absolute atomic E-state index is 12.9. The fourth-order valence-electron chi connectivity index (χ4n) is 3.75. The summed E-state index contributed by atoms with van der Waals surface area (Å²) in [4.78, 5) is 12.9. The van der Waals surface area contributed by atoms with Gasteiger partial charge < -0.3 is 24.3 Å². The molecule has 1 aliphatic rings. The first-order valence-electron chi connectivity index (χ1n) is 9.25. The van der Waals surface area contributed by atoms with Gasteiger partial charge in [0, 0.05) is 35.5 Å². The lowest BCUT2D eigenvalue weighted by Crippen LogP contribution is -2.41. The Hall–Kier alpha value is -2.73. The Kier molecular flexibility index (Phi) is 6.09. The normalized spacial score (nSPS) is 21.9. The van der Waals surface area contributed by atoms with E-state index in [9.17, 15) is 4.79 Å². The van der Waals surface area contributed by atoms with Gasteiger partial charge in [0.15, 0.2) is 0 Å². The highest BCUT2D eigenvalue weighted by Crippen LogP contribution is 2.42. The zero-order chi connectivity index (χ0) is 20.3. The molecule has 3 rings (SSSR count). The fourth-order valence-corrected chi connectivity index (χ4v) is 3.75. The van der Waals surface area contributed by atoms with Gasteiger partial charge in [-0.05, 0) is 36.4 Å². The molecular formula is C22H27NO5. The van der Waals surface area contributed by atoms with E-state index in [2.05, 4.69) is 5.32 Å². The van der Waals surface area contributed by atoms with E-state index in [1.807, 2.05) is 43.3 Å². The lowest BCUT2D eigenvalue weighted by molar-refractivity contribution is -0.126. The Morgan fingerprint density at radius 1 is 0.821 bits per heavy atom. The molecule has 1 heterocycles. The van der Waals surface area contributed by atoms with E-state index in [0.29, 0.717) is 6.42 Å². The molecule has 0 saturated carbocycles. The van der Waals surface area contributed by atoms with Crippen molar-refractivity contribution in [1.82, 2.24) is 5.32 Å². The maximum Gasteiger partial charge on any atom is 0.139 e. The predicted octanol–water partition coefficient (Wildman–Crippen LogP) is 3.70. The summed E-state index contributed by atoms with van der Waals surface area (Å²) in [5, 5.41) is 3.63. The summed E-state index contributed by atoms with van der Waals surface area (Å²) in [6.07, 6.45) is 0.382. The first-order chi connectivity index (χ1) is 13.5. The standard InChI is InChI=1S/C22H27NO5/c1-13-19(24)12-18(16-10-14(25-2)6-8-20(16)27-4)23-22(13)17-11-15(26-3)7-9-21(17)28-5/h6-11,13,18,22-23H,12H2,1-5H3/t13-,18+,22+/m1/s1. The maximum atomic E-state index is 12.9. The monoisotopic (exact) mass is 385 g/mol. The third-order valence-corrected chi connectivity index (χ3v) is 5.38. The van der Waals surface area contributed by atoms with Crippen molar-refractivity contribution in [2.75, 3.05) is 28.4 Å². The number of piperidine rings is 1. The van der Waals surface area contributed by atoms with E-state index in [1.165, 1.54) is 0 Å². The topological polar surface area (TPSA) is 66.0 Å². The molecule has 3 atom stereocenters. The molecule has 6 heteroatoms. The van der Waals surface area contributed by atoms with Crippen LogP contribution in [0.5, 0.6) is 23.0 Å². The number of benzene rings is 2. The van der Waals surface area contributed by atoms with Gasteiger partial charge in [0.2, 0.25) is 0 Å². The number of nitrogens with one attached hydrogen (secondary N) is 1. The van der Waals surface area contributed by atoms with Crippen molar-refractivity contribution in [2.24, 2.45) is 5.92 Å². The molecule has 0 unspecified atom stereocenters. The molecule has 28 heavy (non-hydrogen) atoms. The highest BCUT2D eigenvalue weighted by Gasteiger charge is 2.37. The molecule has 150 valence electrons. The third-order valence-electron chi connectivity index (χ3n) is 5.38. The van der Waals surface area contributed by atoms with Crippen molar-refractivity contribution in [1.29, 1.82) is 0 Å². The summed E-state index contributed by atoms with van der Waals surface area (Å²) in [6.45, 7) is 1.94. The summed E-state index contributed by atoms with van der Waals surface area (Å²) in [7, 11) is 6.50. The molecule has 0 spiro atoms. The van der Waals surface area contributed by atoms with E-state index in [-0.39, 0.29) is 23.8 Å². The molecule has 0 bridgehead atoms. The van der Waals surface area contributed by atoms with Gasteiger partial charge in [0.05, 0.1) is 28.4 Å². The van der Waals surface area contributed by atoms with Crippen LogP contribution >= 0.6 is 0 Å². The van der Waals surface area contributed by atoms with Gasteiger partial charge in [-0.1, -0.05) is 6.92 Å². The van der Waals surface area contributed by atoms with Gasteiger partial charge >= 0.3 is 0 Å². The number of rotatable bonds is 6. The van der Waals surface area contributed by atoms with Crippen LogP contribution in [-0.4, -0.2) is 34.2 Å².